The van der Waals surface area contributed by atoms with Gasteiger partial charge in [-0.3, -0.25) is 9.78 Å². The van der Waals surface area contributed by atoms with Crippen LogP contribution >= 0.6 is 0 Å². The van der Waals surface area contributed by atoms with Crippen LogP contribution in [0, 0.1) is 25.7 Å². The maximum Gasteiger partial charge on any atom is 0.252 e. The Morgan fingerprint density at radius 1 is 1.36 bits per heavy atom. The summed E-state index contributed by atoms with van der Waals surface area (Å²) >= 11 is 0. The molecule has 5 heterocycles. The maximum absolute atomic E-state index is 12.6. The Morgan fingerprint density at radius 3 is 3.07 bits per heavy atom. The van der Waals surface area contributed by atoms with E-state index in [9.17, 15) is 4.79 Å². The Hall–Kier alpha value is -2.47. The van der Waals surface area contributed by atoms with E-state index in [-0.39, 0.29) is 17.6 Å². The zero-order valence-electron chi connectivity index (χ0n) is 16.4. The summed E-state index contributed by atoms with van der Waals surface area (Å²) < 4.78 is 6.50. The van der Waals surface area contributed by atoms with Crippen molar-refractivity contribution < 1.29 is 9.53 Å². The van der Waals surface area contributed by atoms with Gasteiger partial charge in [-0.2, -0.15) is 0 Å². The molecule has 2 aromatic heterocycles. The van der Waals surface area contributed by atoms with Gasteiger partial charge in [0.15, 0.2) is 0 Å². The van der Waals surface area contributed by atoms with Crippen molar-refractivity contribution in [3.05, 3.63) is 53.5 Å². The number of carbonyl (C=O) groups excluding carboxylic acids is 1. The van der Waals surface area contributed by atoms with Crippen molar-refractivity contribution in [2.45, 2.75) is 38.4 Å². The topological polar surface area (TPSA) is 67.4 Å². The number of anilines is 1. The average Bonchev–Trinajstić information content (AvgIpc) is 3.34. The van der Waals surface area contributed by atoms with Crippen LogP contribution in [-0.4, -0.2) is 47.2 Å². The van der Waals surface area contributed by atoms with Gasteiger partial charge in [-0.15, -0.1) is 0 Å². The van der Waals surface area contributed by atoms with Crippen molar-refractivity contribution in [1.82, 2.24) is 15.3 Å². The predicted molar refractivity (Wildman–Crippen MR) is 106 cm³/mol. The van der Waals surface area contributed by atoms with E-state index in [4.69, 9.17) is 9.72 Å². The summed E-state index contributed by atoms with van der Waals surface area (Å²) in [5.41, 5.74) is 2.58. The number of hydrogen-bond acceptors (Lipinski definition) is 5. The van der Waals surface area contributed by atoms with E-state index >= 15 is 0 Å². The van der Waals surface area contributed by atoms with Crippen LogP contribution in [0.3, 0.4) is 0 Å². The van der Waals surface area contributed by atoms with Crippen molar-refractivity contribution in [2.75, 3.05) is 24.5 Å². The van der Waals surface area contributed by atoms with Crippen LogP contribution in [0.2, 0.25) is 0 Å². The lowest BCUT2D eigenvalue weighted by atomic mass is 9.73. The van der Waals surface area contributed by atoms with Gasteiger partial charge >= 0.3 is 0 Å². The van der Waals surface area contributed by atoms with Gasteiger partial charge in [0.2, 0.25) is 0 Å². The second-order valence-corrected chi connectivity index (χ2v) is 8.51. The van der Waals surface area contributed by atoms with E-state index in [0.717, 1.165) is 43.0 Å². The quantitative estimate of drug-likeness (QED) is 0.885. The van der Waals surface area contributed by atoms with E-state index in [2.05, 4.69) is 27.3 Å². The number of aromatic nitrogens is 2. The molecule has 3 aliphatic heterocycles. The Labute approximate surface area is 165 Å². The largest absolute Gasteiger partial charge is 0.369 e. The van der Waals surface area contributed by atoms with Gasteiger partial charge < -0.3 is 15.0 Å². The van der Waals surface area contributed by atoms with Crippen LogP contribution in [0.25, 0.3) is 0 Å². The van der Waals surface area contributed by atoms with Crippen molar-refractivity contribution in [2.24, 2.45) is 11.8 Å². The van der Waals surface area contributed by atoms with Gasteiger partial charge in [0, 0.05) is 49.6 Å². The maximum atomic E-state index is 12.6. The minimum atomic E-state index is -0.0730. The average molecular weight is 378 g/mol. The zero-order chi connectivity index (χ0) is 19.3. The van der Waals surface area contributed by atoms with Gasteiger partial charge in [-0.05, 0) is 50.5 Å². The molecule has 3 saturated heterocycles. The summed E-state index contributed by atoms with van der Waals surface area (Å²) in [7, 11) is 0. The number of fused-ring (bicyclic) bond motifs is 1. The Balaban J connectivity index is 1.30. The number of nitrogens with one attached hydrogen (secondary N) is 1. The molecule has 0 saturated carbocycles. The minimum absolute atomic E-state index is 0.0526. The van der Waals surface area contributed by atoms with Crippen LogP contribution in [0.4, 0.5) is 5.82 Å². The number of ether oxygens (including phenoxy) is 1. The first-order valence-electron chi connectivity index (χ1n) is 10.1. The molecule has 28 heavy (non-hydrogen) atoms. The van der Waals surface area contributed by atoms with Crippen LogP contribution < -0.4 is 10.2 Å². The van der Waals surface area contributed by atoms with Crippen molar-refractivity contribution in [3.63, 3.8) is 0 Å². The van der Waals surface area contributed by atoms with Crippen molar-refractivity contribution in [1.29, 1.82) is 0 Å². The fraction of sp³-hybridized carbons (Fsp3) is 0.500. The summed E-state index contributed by atoms with van der Waals surface area (Å²) in [6.07, 6.45) is 5.83. The summed E-state index contributed by atoms with van der Waals surface area (Å²) in [6, 6.07) is 8.05. The number of hydrogen-bond donors (Lipinski definition) is 1. The van der Waals surface area contributed by atoms with E-state index < -0.39 is 0 Å². The normalized spacial score (nSPS) is 30.5. The molecule has 4 atom stereocenters. The Kier molecular flexibility index (Phi) is 4.12. The fourth-order valence-corrected chi connectivity index (χ4v) is 5.33. The predicted octanol–water partition coefficient (Wildman–Crippen LogP) is 2.51. The summed E-state index contributed by atoms with van der Waals surface area (Å²) in [5, 5.41) is 3.13. The second kappa shape index (κ2) is 6.55. The molecule has 2 aromatic rings. The molecule has 1 spiro atoms. The Morgan fingerprint density at radius 2 is 2.25 bits per heavy atom. The molecular formula is C22H26N4O2. The lowest BCUT2D eigenvalue weighted by Gasteiger charge is -2.29. The number of pyridine rings is 2. The van der Waals surface area contributed by atoms with Crippen LogP contribution in [0.5, 0.6) is 0 Å². The highest BCUT2D eigenvalue weighted by Gasteiger charge is 2.63. The number of aryl methyl sites for hydroxylation is 2. The number of carbonyl (C=O) groups is 1. The summed E-state index contributed by atoms with van der Waals surface area (Å²) in [4.78, 5) is 23.8. The first kappa shape index (κ1) is 17.6. The molecule has 1 N–H and O–H groups in total. The molecule has 5 rings (SSSR count). The summed E-state index contributed by atoms with van der Waals surface area (Å²) in [6.45, 7) is 6.47. The zero-order valence-corrected chi connectivity index (χ0v) is 16.4. The van der Waals surface area contributed by atoms with E-state index in [1.807, 2.05) is 26.0 Å². The lowest BCUT2D eigenvalue weighted by Crippen LogP contribution is -2.41. The molecule has 3 aliphatic rings. The molecule has 6 heteroatoms. The van der Waals surface area contributed by atoms with Crippen LogP contribution in [0.15, 0.2) is 36.7 Å². The molecule has 3 fully saturated rings. The molecule has 0 aliphatic carbocycles. The second-order valence-electron chi connectivity index (χ2n) is 8.51. The number of rotatable bonds is 4. The third kappa shape index (κ3) is 2.87. The van der Waals surface area contributed by atoms with Crippen LogP contribution in [-0.2, 0) is 4.74 Å². The van der Waals surface area contributed by atoms with Crippen molar-refractivity contribution in [3.8, 4) is 0 Å². The fourth-order valence-electron chi connectivity index (χ4n) is 5.33. The monoisotopic (exact) mass is 378 g/mol. The van der Waals surface area contributed by atoms with Crippen molar-refractivity contribution >= 4 is 11.7 Å². The van der Waals surface area contributed by atoms with Gasteiger partial charge in [0.05, 0.1) is 17.3 Å². The number of amides is 1. The van der Waals surface area contributed by atoms with E-state index in [1.54, 1.807) is 12.4 Å². The van der Waals surface area contributed by atoms with E-state index in [0.29, 0.717) is 23.9 Å². The van der Waals surface area contributed by atoms with E-state index in [1.165, 1.54) is 0 Å². The van der Waals surface area contributed by atoms with Crippen LogP contribution in [0.1, 0.15) is 34.5 Å². The highest BCUT2D eigenvalue weighted by molar-refractivity contribution is 5.94. The third-order valence-corrected chi connectivity index (χ3v) is 6.62. The van der Waals surface area contributed by atoms with Gasteiger partial charge in [0.25, 0.3) is 5.91 Å². The molecule has 146 valence electrons. The SMILES string of the molecule is Cc1cncc(C(=O)NC[C@H]2[C@H]3CN(c4cccc(C)n4)C[C@]34CC[C@H]2O4)c1. The molecule has 1 amide bonds. The summed E-state index contributed by atoms with van der Waals surface area (Å²) in [5.74, 6) is 1.77. The first-order chi connectivity index (χ1) is 13.5. The van der Waals surface area contributed by atoms with Gasteiger partial charge in [-0.1, -0.05) is 6.07 Å². The first-order valence-corrected chi connectivity index (χ1v) is 10.1. The highest BCUT2D eigenvalue weighted by Crippen LogP contribution is 2.55. The molecule has 0 radical (unpaired) electrons. The molecule has 6 nitrogen and oxygen atoms in total. The molecular weight excluding hydrogens is 352 g/mol. The van der Waals surface area contributed by atoms with Gasteiger partial charge in [-0.25, -0.2) is 4.98 Å². The molecule has 0 unspecified atom stereocenters. The lowest BCUT2D eigenvalue weighted by molar-refractivity contribution is 0.0141. The minimum Gasteiger partial charge on any atom is -0.369 e. The molecule has 2 bridgehead atoms. The molecule has 0 aromatic carbocycles. The smallest absolute Gasteiger partial charge is 0.252 e. The number of nitrogens with zero attached hydrogens (tertiary/aromatic N) is 3. The third-order valence-electron chi connectivity index (χ3n) is 6.62. The highest BCUT2D eigenvalue weighted by atomic mass is 16.5. The standard InChI is InChI=1S/C22H26N4O2/c1-14-8-16(10-23-9-14)21(27)24-11-17-18-12-26(20-5-3-4-15(2)25-20)13-22(18)7-6-19(17)28-22/h3-5,8-10,17-19H,6-7,11-13H2,1-2H3,(H,24,27)/t17-,18+,19+,22+/m0/s1. The Bertz CT molecular complexity index is 917. The van der Waals surface area contributed by atoms with Gasteiger partial charge in [0.1, 0.15) is 5.82 Å².